The lowest BCUT2D eigenvalue weighted by Crippen LogP contribution is -2.20. The minimum absolute atomic E-state index is 0.0349. The van der Waals surface area contributed by atoms with E-state index in [2.05, 4.69) is 31.1 Å². The standard InChI is InChI=1S/C21H22N2O2/c1-21(2,3)16-6-8-17(9-7-16)23-20(24)14-25-18-10-11-19-15(13-18)5-4-12-22-19/h4-13H,14H2,1-3H3,(H,23,24). The lowest BCUT2D eigenvalue weighted by molar-refractivity contribution is -0.118. The summed E-state index contributed by atoms with van der Waals surface area (Å²) in [5, 5.41) is 3.84. The highest BCUT2D eigenvalue weighted by Gasteiger charge is 2.13. The van der Waals surface area contributed by atoms with Crippen LogP contribution in [0.2, 0.25) is 0 Å². The zero-order chi connectivity index (χ0) is 17.9. The second-order valence-corrected chi connectivity index (χ2v) is 7.02. The van der Waals surface area contributed by atoms with E-state index in [0.717, 1.165) is 16.6 Å². The van der Waals surface area contributed by atoms with Crippen molar-refractivity contribution >= 4 is 22.5 Å². The average molecular weight is 334 g/mol. The van der Waals surface area contributed by atoms with Crippen molar-refractivity contribution in [3.8, 4) is 5.75 Å². The Balaban J connectivity index is 1.58. The highest BCUT2D eigenvalue weighted by molar-refractivity contribution is 5.92. The molecule has 3 rings (SSSR count). The number of carbonyl (C=O) groups is 1. The van der Waals surface area contributed by atoms with Crippen LogP contribution in [0, 0.1) is 0 Å². The second-order valence-electron chi connectivity index (χ2n) is 7.02. The van der Waals surface area contributed by atoms with E-state index in [1.54, 1.807) is 6.20 Å². The summed E-state index contributed by atoms with van der Waals surface area (Å²) in [5.41, 5.74) is 2.99. The summed E-state index contributed by atoms with van der Waals surface area (Å²) in [6.45, 7) is 6.45. The van der Waals surface area contributed by atoms with Crippen LogP contribution in [0.15, 0.2) is 60.8 Å². The molecule has 1 N–H and O–H groups in total. The van der Waals surface area contributed by atoms with Crippen molar-refractivity contribution in [1.82, 2.24) is 4.98 Å². The quantitative estimate of drug-likeness (QED) is 0.761. The largest absolute Gasteiger partial charge is 0.484 e. The van der Waals surface area contributed by atoms with E-state index in [1.807, 2.05) is 54.6 Å². The molecule has 0 aliphatic rings. The summed E-state index contributed by atoms with van der Waals surface area (Å²) in [6, 6.07) is 17.3. The van der Waals surface area contributed by atoms with Crippen LogP contribution in [0.5, 0.6) is 5.75 Å². The Morgan fingerprint density at radius 1 is 1.08 bits per heavy atom. The van der Waals surface area contributed by atoms with E-state index >= 15 is 0 Å². The zero-order valence-electron chi connectivity index (χ0n) is 14.7. The van der Waals surface area contributed by atoms with Crippen LogP contribution in [-0.4, -0.2) is 17.5 Å². The van der Waals surface area contributed by atoms with Crippen molar-refractivity contribution in [1.29, 1.82) is 0 Å². The molecule has 0 saturated heterocycles. The SMILES string of the molecule is CC(C)(C)c1ccc(NC(=O)COc2ccc3ncccc3c2)cc1. The maximum atomic E-state index is 12.1. The van der Waals surface area contributed by atoms with Gasteiger partial charge >= 0.3 is 0 Å². The topological polar surface area (TPSA) is 51.2 Å². The van der Waals surface area contributed by atoms with Gasteiger partial charge in [0.1, 0.15) is 5.75 Å². The van der Waals surface area contributed by atoms with Crippen molar-refractivity contribution in [2.75, 3.05) is 11.9 Å². The number of amides is 1. The Labute approximate surface area is 147 Å². The fraction of sp³-hybridized carbons (Fsp3) is 0.238. The Kier molecular flexibility index (Phi) is 4.70. The maximum Gasteiger partial charge on any atom is 0.262 e. The molecule has 4 nitrogen and oxygen atoms in total. The first-order valence-electron chi connectivity index (χ1n) is 8.30. The molecular weight excluding hydrogens is 312 g/mol. The van der Waals surface area contributed by atoms with E-state index < -0.39 is 0 Å². The molecule has 0 saturated carbocycles. The molecule has 128 valence electrons. The molecule has 0 fully saturated rings. The molecule has 0 spiro atoms. The highest BCUT2D eigenvalue weighted by atomic mass is 16.5. The minimum Gasteiger partial charge on any atom is -0.484 e. The average Bonchev–Trinajstić information content (AvgIpc) is 2.59. The fourth-order valence-corrected chi connectivity index (χ4v) is 2.54. The summed E-state index contributed by atoms with van der Waals surface area (Å²) >= 11 is 0. The molecule has 2 aromatic carbocycles. The first kappa shape index (κ1) is 17.0. The first-order chi connectivity index (χ1) is 11.9. The molecule has 0 radical (unpaired) electrons. The van der Waals surface area contributed by atoms with Gasteiger partial charge in [-0.3, -0.25) is 9.78 Å². The number of rotatable bonds is 4. The Morgan fingerprint density at radius 3 is 2.56 bits per heavy atom. The number of ether oxygens (including phenoxy) is 1. The first-order valence-corrected chi connectivity index (χ1v) is 8.30. The second kappa shape index (κ2) is 6.93. The molecule has 0 aliphatic heterocycles. The molecule has 0 unspecified atom stereocenters. The fourth-order valence-electron chi connectivity index (χ4n) is 2.54. The van der Waals surface area contributed by atoms with Crippen LogP contribution in [0.1, 0.15) is 26.3 Å². The lowest BCUT2D eigenvalue weighted by Gasteiger charge is -2.19. The third-order valence-electron chi connectivity index (χ3n) is 3.98. The molecule has 1 aromatic heterocycles. The number of carbonyl (C=O) groups excluding carboxylic acids is 1. The number of nitrogens with one attached hydrogen (secondary N) is 1. The number of fused-ring (bicyclic) bond motifs is 1. The van der Waals surface area contributed by atoms with Gasteiger partial charge in [0.2, 0.25) is 0 Å². The van der Waals surface area contributed by atoms with Crippen molar-refractivity contribution in [3.05, 3.63) is 66.4 Å². The number of nitrogens with zero attached hydrogens (tertiary/aromatic N) is 1. The lowest BCUT2D eigenvalue weighted by atomic mass is 9.87. The van der Waals surface area contributed by atoms with Crippen LogP contribution in [0.25, 0.3) is 10.9 Å². The Morgan fingerprint density at radius 2 is 1.84 bits per heavy atom. The van der Waals surface area contributed by atoms with Gasteiger partial charge in [0, 0.05) is 17.3 Å². The molecule has 0 aliphatic carbocycles. The molecule has 0 atom stereocenters. The Hall–Kier alpha value is -2.88. The molecule has 1 heterocycles. The molecule has 3 aromatic rings. The number of pyridine rings is 1. The van der Waals surface area contributed by atoms with Gasteiger partial charge in [-0.05, 0) is 47.4 Å². The third kappa shape index (κ3) is 4.35. The van der Waals surface area contributed by atoms with Crippen molar-refractivity contribution in [3.63, 3.8) is 0 Å². The number of hydrogen-bond donors (Lipinski definition) is 1. The van der Waals surface area contributed by atoms with Crippen molar-refractivity contribution in [2.24, 2.45) is 0 Å². The van der Waals surface area contributed by atoms with Crippen molar-refractivity contribution in [2.45, 2.75) is 26.2 Å². The van der Waals surface area contributed by atoms with Gasteiger partial charge < -0.3 is 10.1 Å². The minimum atomic E-state index is -0.185. The van der Waals surface area contributed by atoms with Crippen LogP contribution in [-0.2, 0) is 10.2 Å². The van der Waals surface area contributed by atoms with E-state index in [9.17, 15) is 4.79 Å². The summed E-state index contributed by atoms with van der Waals surface area (Å²) in [4.78, 5) is 16.3. The number of aromatic nitrogens is 1. The predicted molar refractivity (Wildman–Crippen MR) is 101 cm³/mol. The van der Waals surface area contributed by atoms with Crippen LogP contribution in [0.3, 0.4) is 0 Å². The molecule has 0 bridgehead atoms. The van der Waals surface area contributed by atoms with Crippen molar-refractivity contribution < 1.29 is 9.53 Å². The normalized spacial score (nSPS) is 11.3. The van der Waals surface area contributed by atoms with Gasteiger partial charge in [-0.25, -0.2) is 0 Å². The van der Waals surface area contributed by atoms with E-state index in [4.69, 9.17) is 4.74 Å². The third-order valence-corrected chi connectivity index (χ3v) is 3.98. The van der Waals surface area contributed by atoms with Gasteiger partial charge in [0.15, 0.2) is 6.61 Å². The Bertz CT molecular complexity index is 880. The highest BCUT2D eigenvalue weighted by Crippen LogP contribution is 2.23. The summed E-state index contributed by atoms with van der Waals surface area (Å²) < 4.78 is 5.59. The maximum absolute atomic E-state index is 12.1. The van der Waals surface area contributed by atoms with Gasteiger partial charge in [-0.1, -0.05) is 39.0 Å². The number of benzene rings is 2. The van der Waals surface area contributed by atoms with Crippen LogP contribution in [0.4, 0.5) is 5.69 Å². The summed E-state index contributed by atoms with van der Waals surface area (Å²) in [6.07, 6.45) is 1.75. The van der Waals surface area contributed by atoms with E-state index in [1.165, 1.54) is 5.56 Å². The number of anilines is 1. The number of hydrogen-bond acceptors (Lipinski definition) is 3. The smallest absolute Gasteiger partial charge is 0.262 e. The molecule has 25 heavy (non-hydrogen) atoms. The van der Waals surface area contributed by atoms with Gasteiger partial charge in [0.25, 0.3) is 5.91 Å². The molecule has 4 heteroatoms. The predicted octanol–water partition coefficient (Wildman–Crippen LogP) is 4.55. The monoisotopic (exact) mass is 334 g/mol. The summed E-state index contributed by atoms with van der Waals surface area (Å²) in [5.74, 6) is 0.466. The molecular formula is C21H22N2O2. The van der Waals surface area contributed by atoms with Crippen LogP contribution < -0.4 is 10.1 Å². The van der Waals surface area contributed by atoms with Gasteiger partial charge in [-0.2, -0.15) is 0 Å². The van der Waals surface area contributed by atoms with E-state index in [0.29, 0.717) is 5.75 Å². The summed E-state index contributed by atoms with van der Waals surface area (Å²) in [7, 11) is 0. The van der Waals surface area contributed by atoms with Gasteiger partial charge in [0.05, 0.1) is 5.52 Å². The van der Waals surface area contributed by atoms with E-state index in [-0.39, 0.29) is 17.9 Å². The molecule has 1 amide bonds. The van der Waals surface area contributed by atoms with Crippen LogP contribution >= 0.6 is 0 Å². The zero-order valence-corrected chi connectivity index (χ0v) is 14.7. The van der Waals surface area contributed by atoms with Gasteiger partial charge in [-0.15, -0.1) is 0 Å².